The molecule has 0 fully saturated rings. The van der Waals surface area contributed by atoms with Gasteiger partial charge in [-0.2, -0.15) is 0 Å². The first kappa shape index (κ1) is 18.3. The molecule has 0 N–H and O–H groups in total. The first-order valence-corrected chi connectivity index (χ1v) is 7.07. The summed E-state index contributed by atoms with van der Waals surface area (Å²) in [6.45, 7) is 11.0. The van der Waals surface area contributed by atoms with Gasteiger partial charge in [-0.1, -0.05) is 0 Å². The third-order valence-corrected chi connectivity index (χ3v) is 3.31. The van der Waals surface area contributed by atoms with Gasteiger partial charge in [0.25, 0.3) is 0 Å². The van der Waals surface area contributed by atoms with Crippen molar-refractivity contribution < 1.29 is 40.3 Å². The van der Waals surface area contributed by atoms with Crippen molar-refractivity contribution in [2.75, 3.05) is 19.8 Å². The van der Waals surface area contributed by atoms with Crippen molar-refractivity contribution in [3.63, 3.8) is 0 Å². The number of carbonyl (C=O) groups is 1. The summed E-state index contributed by atoms with van der Waals surface area (Å²) >= 11 is 1.74. The minimum atomic E-state index is -1.73. The predicted octanol–water partition coefficient (Wildman–Crippen LogP) is 0.990. The van der Waals surface area contributed by atoms with E-state index < -0.39 is 15.5 Å². The molecule has 16 heavy (non-hydrogen) atoms. The summed E-state index contributed by atoms with van der Waals surface area (Å²) in [6.07, 6.45) is 1.09. The fourth-order valence-electron chi connectivity index (χ4n) is 0.582. The molecule has 0 aromatic heterocycles. The third-order valence-electron chi connectivity index (χ3n) is 1.15. The molecular formula is C9H19O5RuSi. The van der Waals surface area contributed by atoms with E-state index in [9.17, 15) is 4.79 Å². The zero-order chi connectivity index (χ0) is 12.8. The van der Waals surface area contributed by atoms with Crippen LogP contribution in [0.4, 0.5) is 0 Å². The molecule has 0 spiro atoms. The van der Waals surface area contributed by atoms with E-state index in [2.05, 4.69) is 10.1 Å². The predicted molar refractivity (Wildman–Crippen MR) is 58.3 cm³/mol. The Labute approximate surface area is 109 Å². The van der Waals surface area contributed by atoms with Crippen LogP contribution in [0.1, 0.15) is 20.8 Å². The molecule has 0 saturated heterocycles. The summed E-state index contributed by atoms with van der Waals surface area (Å²) in [5.41, 5.74) is 0. The Morgan fingerprint density at radius 1 is 1.19 bits per heavy atom. The van der Waals surface area contributed by atoms with Crippen molar-refractivity contribution in [1.82, 2.24) is 0 Å². The first-order valence-electron chi connectivity index (χ1n) is 4.94. The topological polar surface area (TPSA) is 54.0 Å². The molecular weight excluding hydrogens is 317 g/mol. The third kappa shape index (κ3) is 13.9. The van der Waals surface area contributed by atoms with E-state index in [0.717, 1.165) is 6.08 Å². The Balaban J connectivity index is 0. The van der Waals surface area contributed by atoms with Gasteiger partial charge >= 0.3 is 55.2 Å². The van der Waals surface area contributed by atoms with Gasteiger partial charge < -0.3 is 13.3 Å². The standard InChI is InChI=1S/C6H16O3Si.C3H4O2.Ru/c1-4-7-10(8-5-2)9-6-3;1-2-3(4)5;/h10H,4-6H2,1-3H3;2H,1H2,(H,4,5);/q;;+1/p-1. The molecule has 0 rings (SSSR count). The number of rotatable bonds is 7. The van der Waals surface area contributed by atoms with Crippen LogP contribution < -0.4 is 0 Å². The maximum absolute atomic E-state index is 9.82. The molecule has 0 amide bonds. The summed E-state index contributed by atoms with van der Waals surface area (Å²) in [5, 5.41) is 0. The van der Waals surface area contributed by atoms with Crippen molar-refractivity contribution in [1.29, 1.82) is 0 Å². The fraction of sp³-hybridized carbons (Fsp3) is 0.667. The van der Waals surface area contributed by atoms with Gasteiger partial charge in [0.15, 0.2) is 0 Å². The van der Waals surface area contributed by atoms with Gasteiger partial charge in [0.1, 0.15) is 0 Å². The Hall–Kier alpha value is -0.0697. The van der Waals surface area contributed by atoms with E-state index in [-0.39, 0.29) is 0 Å². The van der Waals surface area contributed by atoms with E-state index in [4.69, 9.17) is 13.3 Å². The average Bonchev–Trinajstić information content (AvgIpc) is 2.30. The van der Waals surface area contributed by atoms with Crippen LogP contribution in [0.2, 0.25) is 0 Å². The van der Waals surface area contributed by atoms with Gasteiger partial charge in [0.05, 0.1) is 0 Å². The van der Waals surface area contributed by atoms with E-state index in [1.54, 1.807) is 18.7 Å². The summed E-state index contributed by atoms with van der Waals surface area (Å²) < 4.78 is 19.7. The molecule has 0 aliphatic heterocycles. The number of hydrogen-bond donors (Lipinski definition) is 0. The molecule has 0 heterocycles. The summed E-state index contributed by atoms with van der Waals surface area (Å²) in [4.78, 5) is 9.82. The maximum atomic E-state index is 9.82. The van der Waals surface area contributed by atoms with Crippen molar-refractivity contribution in [2.24, 2.45) is 0 Å². The second-order valence-corrected chi connectivity index (χ2v) is 4.18. The maximum Gasteiger partial charge on any atom is 0.484 e. The van der Waals surface area contributed by atoms with Crippen LogP contribution in [0.5, 0.6) is 0 Å². The summed E-state index contributed by atoms with van der Waals surface area (Å²) in [5.74, 6) is -0.425. The Morgan fingerprint density at radius 2 is 1.56 bits per heavy atom. The van der Waals surface area contributed by atoms with Crippen molar-refractivity contribution in [2.45, 2.75) is 20.8 Å². The zero-order valence-electron chi connectivity index (χ0n) is 9.88. The Kier molecular flexibility index (Phi) is 17.1. The van der Waals surface area contributed by atoms with E-state index in [0.29, 0.717) is 19.8 Å². The molecule has 0 aromatic rings. The largest absolute Gasteiger partial charge is 0.484 e. The molecule has 7 heteroatoms. The van der Waals surface area contributed by atoms with Crippen LogP contribution >= 0.6 is 0 Å². The second-order valence-electron chi connectivity index (χ2n) is 2.25. The van der Waals surface area contributed by atoms with Gasteiger partial charge in [-0.15, -0.1) is 0 Å². The fourth-order valence-corrected chi connectivity index (χ4v) is 1.83. The van der Waals surface area contributed by atoms with Crippen LogP contribution in [0, 0.1) is 0 Å². The summed E-state index contributed by atoms with van der Waals surface area (Å²) in [6, 6.07) is 0. The molecule has 0 saturated carbocycles. The van der Waals surface area contributed by atoms with Crippen molar-refractivity contribution in [3.8, 4) is 0 Å². The minimum Gasteiger partial charge on any atom is -0.376 e. The second kappa shape index (κ2) is 14.9. The van der Waals surface area contributed by atoms with Gasteiger partial charge in [-0.3, -0.25) is 0 Å². The summed E-state index contributed by atoms with van der Waals surface area (Å²) in [7, 11) is -1.73. The Bertz CT molecular complexity index is 165. The quantitative estimate of drug-likeness (QED) is 0.513. The molecule has 0 aromatic carbocycles. The molecule has 0 bridgehead atoms. The van der Waals surface area contributed by atoms with E-state index in [1.807, 2.05) is 20.8 Å². The van der Waals surface area contributed by atoms with Gasteiger partial charge in [0, 0.05) is 19.8 Å². The minimum absolute atomic E-state index is 0.425. The van der Waals surface area contributed by atoms with Crippen LogP contribution in [-0.2, 0) is 40.3 Å². The van der Waals surface area contributed by atoms with Crippen LogP contribution in [0.15, 0.2) is 12.7 Å². The molecule has 0 aliphatic carbocycles. The van der Waals surface area contributed by atoms with Crippen LogP contribution in [0.3, 0.4) is 0 Å². The van der Waals surface area contributed by atoms with Gasteiger partial charge in [-0.05, 0) is 20.8 Å². The molecule has 0 aliphatic rings. The average molecular weight is 336 g/mol. The van der Waals surface area contributed by atoms with E-state index >= 15 is 0 Å². The molecule has 0 atom stereocenters. The number of hydrogen-bond acceptors (Lipinski definition) is 5. The van der Waals surface area contributed by atoms with Gasteiger partial charge in [-0.25, -0.2) is 0 Å². The molecule has 0 radical (unpaired) electrons. The van der Waals surface area contributed by atoms with E-state index in [1.165, 1.54) is 0 Å². The first-order chi connectivity index (χ1) is 7.65. The van der Waals surface area contributed by atoms with Crippen molar-refractivity contribution in [3.05, 3.63) is 12.7 Å². The normalized spacial score (nSPS) is 9.31. The van der Waals surface area contributed by atoms with Crippen LogP contribution in [0.25, 0.3) is 0 Å². The molecule has 97 valence electrons. The SMILES string of the molecule is C=CC(=O)[O][Ru].CCO[SiH](OCC)OCC. The molecule has 5 nitrogen and oxygen atoms in total. The smallest absolute Gasteiger partial charge is 0.376 e. The van der Waals surface area contributed by atoms with Gasteiger partial charge in [0.2, 0.25) is 0 Å². The monoisotopic (exact) mass is 337 g/mol. The van der Waals surface area contributed by atoms with Crippen molar-refractivity contribution >= 4 is 15.5 Å². The zero-order valence-corrected chi connectivity index (χ0v) is 12.8. The van der Waals surface area contributed by atoms with Crippen LogP contribution in [-0.4, -0.2) is 35.3 Å². The Morgan fingerprint density at radius 3 is 1.69 bits per heavy atom. The molecule has 0 unspecified atom stereocenters. The number of carbonyl (C=O) groups excluding carboxylic acids is 1.